The van der Waals surface area contributed by atoms with Gasteiger partial charge in [-0.3, -0.25) is 0 Å². The number of rotatable bonds is 1. The molecule has 1 aromatic rings. The number of imidazole rings is 1. The van der Waals surface area contributed by atoms with Gasteiger partial charge in [0.25, 0.3) is 0 Å². The fourth-order valence-electron chi connectivity index (χ4n) is 7.39. The fourth-order valence-corrected chi connectivity index (χ4v) is 7.39. The summed E-state index contributed by atoms with van der Waals surface area (Å²) in [6.07, 6.45) is 15.6. The zero-order valence-corrected chi connectivity index (χ0v) is 16.3. The van der Waals surface area contributed by atoms with Gasteiger partial charge in [-0.15, -0.1) is 0 Å². The molecule has 2 fully saturated rings. The van der Waals surface area contributed by atoms with Crippen LogP contribution in [0.4, 0.5) is 0 Å². The molecule has 0 aliphatic heterocycles. The van der Waals surface area contributed by atoms with Crippen molar-refractivity contribution in [1.82, 2.24) is 9.97 Å². The van der Waals surface area contributed by atoms with E-state index in [4.69, 9.17) is 0 Å². The van der Waals surface area contributed by atoms with Crippen molar-refractivity contribution in [2.24, 2.45) is 34.5 Å². The summed E-state index contributed by atoms with van der Waals surface area (Å²) in [6.45, 7) is 7.45. The molecule has 0 saturated heterocycles. The van der Waals surface area contributed by atoms with E-state index in [1.54, 1.807) is 5.57 Å². The molecule has 0 radical (unpaired) electrons. The summed E-state index contributed by atoms with van der Waals surface area (Å²) in [4.78, 5) is 7.63. The van der Waals surface area contributed by atoms with Gasteiger partial charge in [0, 0.05) is 0 Å². The van der Waals surface area contributed by atoms with Crippen LogP contribution in [0.15, 0.2) is 30.2 Å². The Kier molecular flexibility index (Phi) is 3.60. The standard InChI is InChI=1S/C23H32N2O/c1-14-10-15-11-16(26)6-8-22(15,2)19-7-9-23(3)17(20-12-24-13-25-20)4-5-18(23)21(14)19/h4,10,12-14,16,18-19,21,26H,5-9,11H2,1-3H3,(H,24,25)/t14-,16-,18-,19-,21-,22-,23+/m0/s1. The molecule has 26 heavy (non-hydrogen) atoms. The smallest absolute Gasteiger partial charge is 0.0924 e. The third-order valence-electron chi connectivity index (χ3n) is 8.78. The Hall–Kier alpha value is -1.35. The molecule has 0 spiro atoms. The van der Waals surface area contributed by atoms with Crippen LogP contribution in [0.2, 0.25) is 0 Å². The van der Waals surface area contributed by atoms with Gasteiger partial charge in [-0.1, -0.05) is 38.5 Å². The molecule has 0 amide bonds. The van der Waals surface area contributed by atoms with E-state index in [0.29, 0.717) is 11.3 Å². The van der Waals surface area contributed by atoms with Gasteiger partial charge in [0.05, 0.1) is 24.3 Å². The van der Waals surface area contributed by atoms with Crippen LogP contribution < -0.4 is 0 Å². The number of nitrogens with one attached hydrogen (secondary N) is 1. The highest BCUT2D eigenvalue weighted by Gasteiger charge is 2.58. The Morgan fingerprint density at radius 2 is 1.96 bits per heavy atom. The fraction of sp³-hybridized carbons (Fsp3) is 0.696. The van der Waals surface area contributed by atoms with E-state index in [-0.39, 0.29) is 11.5 Å². The number of hydrogen-bond acceptors (Lipinski definition) is 2. The molecule has 2 N–H and O–H groups in total. The number of allylic oxidation sites excluding steroid dienone is 3. The Morgan fingerprint density at radius 1 is 1.15 bits per heavy atom. The van der Waals surface area contributed by atoms with Crippen LogP contribution in [0.5, 0.6) is 0 Å². The summed E-state index contributed by atoms with van der Waals surface area (Å²) in [5.74, 6) is 2.88. The van der Waals surface area contributed by atoms with Crippen molar-refractivity contribution in [3.63, 3.8) is 0 Å². The van der Waals surface area contributed by atoms with E-state index in [1.165, 1.54) is 30.5 Å². The Labute approximate surface area is 157 Å². The minimum absolute atomic E-state index is 0.118. The van der Waals surface area contributed by atoms with Gasteiger partial charge in [0.2, 0.25) is 0 Å². The SMILES string of the molecule is C[C@H]1C=C2C[C@@H](O)CC[C@]2(C)[C@H]2CC[C@]3(C)C(c4cnc[nH]4)=CC[C@H]3[C@H]12. The van der Waals surface area contributed by atoms with Crippen molar-refractivity contribution in [2.45, 2.75) is 65.4 Å². The molecule has 4 aliphatic rings. The molecule has 5 rings (SSSR count). The molecule has 3 heteroatoms. The van der Waals surface area contributed by atoms with Crippen molar-refractivity contribution >= 4 is 5.57 Å². The second-order valence-corrected chi connectivity index (χ2v) is 9.93. The summed E-state index contributed by atoms with van der Waals surface area (Å²) in [5, 5.41) is 10.2. The van der Waals surface area contributed by atoms with Crippen LogP contribution >= 0.6 is 0 Å². The first-order valence-corrected chi connectivity index (χ1v) is 10.5. The van der Waals surface area contributed by atoms with Gasteiger partial charge in [-0.25, -0.2) is 4.98 Å². The first-order valence-electron chi connectivity index (χ1n) is 10.5. The predicted molar refractivity (Wildman–Crippen MR) is 104 cm³/mol. The lowest BCUT2D eigenvalue weighted by atomic mass is 9.45. The number of fused-ring (bicyclic) bond motifs is 5. The van der Waals surface area contributed by atoms with E-state index >= 15 is 0 Å². The molecule has 140 valence electrons. The van der Waals surface area contributed by atoms with Crippen LogP contribution in [-0.2, 0) is 0 Å². The third kappa shape index (κ3) is 2.13. The van der Waals surface area contributed by atoms with Gasteiger partial charge >= 0.3 is 0 Å². The number of aromatic amines is 1. The van der Waals surface area contributed by atoms with Gasteiger partial charge in [0.1, 0.15) is 0 Å². The molecule has 0 unspecified atom stereocenters. The monoisotopic (exact) mass is 352 g/mol. The second kappa shape index (κ2) is 5.58. The number of aliphatic hydroxyl groups is 1. The van der Waals surface area contributed by atoms with Crippen LogP contribution in [0.3, 0.4) is 0 Å². The maximum atomic E-state index is 10.2. The largest absolute Gasteiger partial charge is 0.393 e. The molecular weight excluding hydrogens is 320 g/mol. The van der Waals surface area contributed by atoms with Crippen LogP contribution in [-0.4, -0.2) is 21.2 Å². The number of aromatic nitrogens is 2. The highest BCUT2D eigenvalue weighted by Crippen LogP contribution is 2.67. The average Bonchev–Trinajstić information content (AvgIpc) is 3.23. The Morgan fingerprint density at radius 3 is 2.73 bits per heavy atom. The molecule has 0 aromatic carbocycles. The van der Waals surface area contributed by atoms with Crippen molar-refractivity contribution in [2.75, 3.05) is 0 Å². The molecular formula is C23H32N2O. The Bertz CT molecular complexity index is 763. The van der Waals surface area contributed by atoms with E-state index in [1.807, 2.05) is 12.5 Å². The van der Waals surface area contributed by atoms with Gasteiger partial charge in [-0.2, -0.15) is 0 Å². The Balaban J connectivity index is 1.52. The van der Waals surface area contributed by atoms with Crippen molar-refractivity contribution in [1.29, 1.82) is 0 Å². The van der Waals surface area contributed by atoms with Crippen LogP contribution in [0.25, 0.3) is 5.57 Å². The van der Waals surface area contributed by atoms with Gasteiger partial charge in [-0.05, 0) is 78.6 Å². The summed E-state index contributed by atoms with van der Waals surface area (Å²) >= 11 is 0. The molecule has 1 heterocycles. The van der Waals surface area contributed by atoms with Gasteiger partial charge in [0.15, 0.2) is 0 Å². The number of hydrogen-bond donors (Lipinski definition) is 2. The van der Waals surface area contributed by atoms with E-state index in [0.717, 1.165) is 37.0 Å². The first-order chi connectivity index (χ1) is 12.4. The highest BCUT2D eigenvalue weighted by molar-refractivity contribution is 5.70. The molecule has 7 atom stereocenters. The van der Waals surface area contributed by atoms with Gasteiger partial charge < -0.3 is 10.1 Å². The zero-order valence-electron chi connectivity index (χ0n) is 16.3. The van der Waals surface area contributed by atoms with E-state index in [9.17, 15) is 5.11 Å². The first kappa shape index (κ1) is 16.8. The molecule has 4 aliphatic carbocycles. The maximum Gasteiger partial charge on any atom is 0.0924 e. The average molecular weight is 353 g/mol. The third-order valence-corrected chi connectivity index (χ3v) is 8.78. The highest BCUT2D eigenvalue weighted by atomic mass is 16.3. The minimum Gasteiger partial charge on any atom is -0.393 e. The number of aliphatic hydroxyl groups excluding tert-OH is 1. The van der Waals surface area contributed by atoms with Crippen LogP contribution in [0, 0.1) is 34.5 Å². The van der Waals surface area contributed by atoms with Crippen molar-refractivity contribution in [3.8, 4) is 0 Å². The zero-order chi connectivity index (χ0) is 18.1. The maximum absolute atomic E-state index is 10.2. The van der Waals surface area contributed by atoms with Crippen LogP contribution in [0.1, 0.15) is 65.0 Å². The molecule has 3 nitrogen and oxygen atoms in total. The van der Waals surface area contributed by atoms with E-state index < -0.39 is 0 Å². The molecule has 0 bridgehead atoms. The lowest BCUT2D eigenvalue weighted by molar-refractivity contribution is -0.0426. The molecule has 1 aromatic heterocycles. The topological polar surface area (TPSA) is 48.9 Å². The number of nitrogens with zero attached hydrogens (tertiary/aromatic N) is 1. The van der Waals surface area contributed by atoms with E-state index in [2.05, 4.69) is 42.9 Å². The molecule has 2 saturated carbocycles. The summed E-state index contributed by atoms with van der Waals surface area (Å²) in [6, 6.07) is 0. The second-order valence-electron chi connectivity index (χ2n) is 9.93. The number of H-pyrrole nitrogens is 1. The normalized spacial score (nSPS) is 47.5. The van der Waals surface area contributed by atoms with Crippen molar-refractivity contribution in [3.05, 3.63) is 35.9 Å². The summed E-state index contributed by atoms with van der Waals surface area (Å²) in [5.41, 5.74) is 4.88. The quantitative estimate of drug-likeness (QED) is 0.701. The summed E-state index contributed by atoms with van der Waals surface area (Å²) < 4.78 is 0. The van der Waals surface area contributed by atoms with Crippen molar-refractivity contribution < 1.29 is 5.11 Å². The predicted octanol–water partition coefficient (Wildman–Crippen LogP) is 4.97. The lowest BCUT2D eigenvalue weighted by Gasteiger charge is -2.59. The summed E-state index contributed by atoms with van der Waals surface area (Å²) in [7, 11) is 0. The minimum atomic E-state index is -0.118. The lowest BCUT2D eigenvalue weighted by Crippen LogP contribution is -2.52.